The fraction of sp³-hybridized carbons (Fsp3) is 0.263. The van der Waals surface area contributed by atoms with Crippen LogP contribution in [-0.4, -0.2) is 5.11 Å². The zero-order chi connectivity index (χ0) is 14.8. The van der Waals surface area contributed by atoms with Crippen LogP contribution in [0.5, 0.6) is 5.75 Å². The molecule has 0 aliphatic heterocycles. The van der Waals surface area contributed by atoms with Gasteiger partial charge in [0.15, 0.2) is 0 Å². The summed E-state index contributed by atoms with van der Waals surface area (Å²) in [5.74, 6) is 0.387. The third-order valence-corrected chi connectivity index (χ3v) is 3.96. The van der Waals surface area contributed by atoms with E-state index in [4.69, 9.17) is 0 Å². The molecule has 0 spiro atoms. The third kappa shape index (κ3) is 2.62. The van der Waals surface area contributed by atoms with Crippen molar-refractivity contribution in [2.45, 2.75) is 32.6 Å². The first-order valence-corrected chi connectivity index (χ1v) is 6.96. The Bertz CT molecular complexity index is 609. The van der Waals surface area contributed by atoms with Crippen LogP contribution in [0.2, 0.25) is 0 Å². The van der Waals surface area contributed by atoms with Gasteiger partial charge in [0.05, 0.1) is 0 Å². The zero-order valence-corrected chi connectivity index (χ0v) is 12.5. The van der Waals surface area contributed by atoms with E-state index in [-0.39, 0.29) is 5.41 Å². The molecule has 0 saturated carbocycles. The minimum Gasteiger partial charge on any atom is -0.507 e. The fourth-order valence-electron chi connectivity index (χ4n) is 2.55. The monoisotopic (exact) mass is 266 g/mol. The molecular formula is C19H22O. The van der Waals surface area contributed by atoms with Crippen molar-refractivity contribution in [3.05, 3.63) is 77.4 Å². The highest BCUT2D eigenvalue weighted by molar-refractivity contribution is 5.48. The topological polar surface area (TPSA) is 20.2 Å². The average molecular weight is 266 g/mol. The van der Waals surface area contributed by atoms with Crippen LogP contribution >= 0.6 is 0 Å². The highest BCUT2D eigenvalue weighted by Gasteiger charge is 2.24. The number of aryl methyl sites for hydroxylation is 1. The van der Waals surface area contributed by atoms with Gasteiger partial charge in [0.25, 0.3) is 0 Å². The Morgan fingerprint density at radius 1 is 1.10 bits per heavy atom. The second-order valence-corrected chi connectivity index (χ2v) is 5.78. The van der Waals surface area contributed by atoms with Crippen LogP contribution in [0.15, 0.2) is 55.1 Å². The molecule has 0 saturated heterocycles. The molecule has 0 aliphatic carbocycles. The summed E-state index contributed by atoms with van der Waals surface area (Å²) in [6, 6.07) is 14.6. The van der Waals surface area contributed by atoms with Gasteiger partial charge in [-0.05, 0) is 35.6 Å². The molecule has 1 nitrogen and oxygen atoms in total. The molecule has 1 N–H and O–H groups in total. The summed E-state index contributed by atoms with van der Waals surface area (Å²) in [5, 5.41) is 10.1. The highest BCUT2D eigenvalue weighted by Crippen LogP contribution is 2.35. The molecule has 0 atom stereocenters. The van der Waals surface area contributed by atoms with E-state index >= 15 is 0 Å². The summed E-state index contributed by atoms with van der Waals surface area (Å²) >= 11 is 0. The Balaban J connectivity index is 2.54. The predicted molar refractivity (Wildman–Crippen MR) is 85.3 cm³/mol. The van der Waals surface area contributed by atoms with E-state index < -0.39 is 0 Å². The van der Waals surface area contributed by atoms with Gasteiger partial charge in [0, 0.05) is 5.41 Å². The summed E-state index contributed by atoms with van der Waals surface area (Å²) in [7, 11) is 0. The predicted octanol–water partition coefficient (Wildman–Crippen LogP) is 4.76. The molecule has 0 fully saturated rings. The SMILES string of the molecule is C=CCc1cc(C(C)(C)c2ccccc2)cc(C)c1O. The summed E-state index contributed by atoms with van der Waals surface area (Å²) in [4.78, 5) is 0. The van der Waals surface area contributed by atoms with E-state index in [0.717, 1.165) is 11.1 Å². The van der Waals surface area contributed by atoms with Crippen LogP contribution in [0, 0.1) is 6.92 Å². The van der Waals surface area contributed by atoms with E-state index in [1.165, 1.54) is 11.1 Å². The number of benzene rings is 2. The Hall–Kier alpha value is -2.02. The van der Waals surface area contributed by atoms with E-state index in [0.29, 0.717) is 12.2 Å². The number of aromatic hydroxyl groups is 1. The molecule has 20 heavy (non-hydrogen) atoms. The van der Waals surface area contributed by atoms with Crippen LogP contribution < -0.4 is 0 Å². The molecule has 0 amide bonds. The molecule has 2 aromatic rings. The maximum Gasteiger partial charge on any atom is 0.122 e. The Kier molecular flexibility index (Phi) is 3.99. The van der Waals surface area contributed by atoms with E-state index in [2.05, 4.69) is 56.8 Å². The lowest BCUT2D eigenvalue weighted by Crippen LogP contribution is -2.19. The number of hydrogen-bond donors (Lipinski definition) is 1. The second kappa shape index (κ2) is 5.54. The van der Waals surface area contributed by atoms with Crippen molar-refractivity contribution in [1.29, 1.82) is 0 Å². The normalized spacial score (nSPS) is 11.3. The maximum atomic E-state index is 10.1. The van der Waals surface area contributed by atoms with Crippen molar-refractivity contribution in [2.24, 2.45) is 0 Å². The smallest absolute Gasteiger partial charge is 0.122 e. The van der Waals surface area contributed by atoms with Crippen LogP contribution in [0.3, 0.4) is 0 Å². The lowest BCUT2D eigenvalue weighted by Gasteiger charge is -2.27. The first kappa shape index (κ1) is 14.4. The van der Waals surface area contributed by atoms with Crippen molar-refractivity contribution in [3.8, 4) is 5.75 Å². The Labute approximate surface area is 121 Å². The summed E-state index contributed by atoms with van der Waals surface area (Å²) in [6.07, 6.45) is 2.51. The van der Waals surface area contributed by atoms with Crippen LogP contribution in [0.25, 0.3) is 0 Å². The molecule has 0 aromatic heterocycles. The molecule has 104 valence electrons. The van der Waals surface area contributed by atoms with Gasteiger partial charge in [-0.25, -0.2) is 0 Å². The molecular weight excluding hydrogens is 244 g/mol. The largest absolute Gasteiger partial charge is 0.507 e. The minimum atomic E-state index is -0.0877. The zero-order valence-electron chi connectivity index (χ0n) is 12.5. The lowest BCUT2D eigenvalue weighted by molar-refractivity contribution is 0.464. The summed E-state index contributed by atoms with van der Waals surface area (Å²) in [6.45, 7) is 10.1. The molecule has 0 unspecified atom stereocenters. The number of phenols is 1. The maximum absolute atomic E-state index is 10.1. The van der Waals surface area contributed by atoms with Crippen molar-refractivity contribution < 1.29 is 5.11 Å². The van der Waals surface area contributed by atoms with E-state index in [1.807, 2.05) is 19.1 Å². The van der Waals surface area contributed by atoms with E-state index in [9.17, 15) is 5.11 Å². The van der Waals surface area contributed by atoms with Gasteiger partial charge in [-0.3, -0.25) is 0 Å². The Morgan fingerprint density at radius 3 is 2.35 bits per heavy atom. The van der Waals surface area contributed by atoms with Gasteiger partial charge in [-0.15, -0.1) is 6.58 Å². The standard InChI is InChI=1S/C19H22O/c1-5-9-15-13-17(12-14(2)18(15)20)19(3,4)16-10-7-6-8-11-16/h5-8,10-13,20H,1,9H2,2-4H3. The third-order valence-electron chi connectivity index (χ3n) is 3.96. The molecule has 0 heterocycles. The van der Waals surface area contributed by atoms with Gasteiger partial charge >= 0.3 is 0 Å². The quantitative estimate of drug-likeness (QED) is 0.791. The molecule has 1 heteroatoms. The average Bonchev–Trinajstić information content (AvgIpc) is 2.44. The van der Waals surface area contributed by atoms with Gasteiger partial charge in [-0.1, -0.05) is 62.4 Å². The van der Waals surface area contributed by atoms with Gasteiger partial charge < -0.3 is 5.11 Å². The molecule has 0 bridgehead atoms. The first-order chi connectivity index (χ1) is 9.46. The lowest BCUT2D eigenvalue weighted by atomic mass is 9.77. The van der Waals surface area contributed by atoms with Gasteiger partial charge in [0.1, 0.15) is 5.75 Å². The summed E-state index contributed by atoms with van der Waals surface area (Å²) in [5.41, 5.74) is 4.27. The van der Waals surface area contributed by atoms with Crippen LogP contribution in [-0.2, 0) is 11.8 Å². The molecule has 2 rings (SSSR count). The van der Waals surface area contributed by atoms with Crippen LogP contribution in [0.1, 0.15) is 36.1 Å². The van der Waals surface area contributed by atoms with Crippen molar-refractivity contribution in [3.63, 3.8) is 0 Å². The number of phenolic OH excluding ortho intramolecular Hbond substituents is 1. The van der Waals surface area contributed by atoms with Gasteiger partial charge in [0.2, 0.25) is 0 Å². The number of hydrogen-bond acceptors (Lipinski definition) is 1. The molecule has 0 radical (unpaired) electrons. The second-order valence-electron chi connectivity index (χ2n) is 5.78. The number of rotatable bonds is 4. The van der Waals surface area contributed by atoms with Crippen molar-refractivity contribution in [1.82, 2.24) is 0 Å². The van der Waals surface area contributed by atoms with E-state index in [1.54, 1.807) is 0 Å². The highest BCUT2D eigenvalue weighted by atomic mass is 16.3. The Morgan fingerprint density at radius 2 is 1.75 bits per heavy atom. The van der Waals surface area contributed by atoms with Crippen LogP contribution in [0.4, 0.5) is 0 Å². The molecule has 2 aromatic carbocycles. The minimum absolute atomic E-state index is 0.0877. The number of allylic oxidation sites excluding steroid dienone is 1. The van der Waals surface area contributed by atoms with Gasteiger partial charge in [-0.2, -0.15) is 0 Å². The fourth-order valence-corrected chi connectivity index (χ4v) is 2.55. The van der Waals surface area contributed by atoms with Crippen molar-refractivity contribution >= 4 is 0 Å². The first-order valence-electron chi connectivity index (χ1n) is 6.96. The van der Waals surface area contributed by atoms with Crippen molar-refractivity contribution in [2.75, 3.05) is 0 Å². The summed E-state index contributed by atoms with van der Waals surface area (Å²) < 4.78 is 0. The molecule has 0 aliphatic rings.